The smallest absolute Gasteiger partial charge is 0.462 e. The van der Waals surface area contributed by atoms with Crippen molar-refractivity contribution in [2.75, 3.05) is 47.5 Å². The summed E-state index contributed by atoms with van der Waals surface area (Å²) >= 11 is 0. The van der Waals surface area contributed by atoms with E-state index in [1.807, 2.05) is 27.2 Å². The van der Waals surface area contributed by atoms with Gasteiger partial charge in [0.05, 0.1) is 40.0 Å². The van der Waals surface area contributed by atoms with Crippen molar-refractivity contribution in [3.8, 4) is 0 Å². The van der Waals surface area contributed by atoms with Crippen LogP contribution in [0.2, 0.25) is 0 Å². The number of ether oxygens (including phenoxy) is 2. The Balaban J connectivity index is 2.38. The minimum absolute atomic E-state index is 0.00868. The van der Waals surface area contributed by atoms with Gasteiger partial charge in [-0.15, -0.1) is 0 Å². The number of likely N-dealkylation sites (N-methyl/N-ethyl adjacent to an activating group) is 1. The molecule has 0 aromatic carbocycles. The number of quaternary nitrogens is 1. The van der Waals surface area contributed by atoms with Crippen LogP contribution in [0.3, 0.4) is 0 Å². The minimum atomic E-state index is -4.44. The molecule has 12 nitrogen and oxygen atoms in total. The summed E-state index contributed by atoms with van der Waals surface area (Å²) in [5, 5.41) is 20.8. The molecule has 3 N–H and O–H groups in total. The predicted octanol–water partition coefficient (Wildman–Crippen LogP) is 11.5. The third-order valence-corrected chi connectivity index (χ3v) is 13.2. The molecule has 0 aromatic rings. The predicted molar refractivity (Wildman–Crippen MR) is 253 cm³/mol. The molecule has 13 heteroatoms. The molecule has 1 unspecified atom stereocenters. The number of carbonyl (C=O) groups is 3. The van der Waals surface area contributed by atoms with Gasteiger partial charge in [0.25, 0.3) is 0 Å². The molecule has 0 aliphatic heterocycles. The van der Waals surface area contributed by atoms with E-state index in [1.54, 1.807) is 6.08 Å². The molecule has 63 heavy (non-hydrogen) atoms. The average Bonchev–Trinajstić information content (AvgIpc) is 3.50. The highest BCUT2D eigenvalue weighted by atomic mass is 31.2. The fraction of sp³-hybridized carbons (Fsp3) is 0.900. The van der Waals surface area contributed by atoms with Gasteiger partial charge in [-0.25, -0.2) is 4.57 Å². The molecular formula is C50H95NO11P+. The highest BCUT2D eigenvalue weighted by molar-refractivity contribution is 7.47. The summed E-state index contributed by atoms with van der Waals surface area (Å²) in [4.78, 5) is 48.4. The van der Waals surface area contributed by atoms with Gasteiger partial charge in [-0.2, -0.15) is 0 Å². The second-order valence-electron chi connectivity index (χ2n) is 19.3. The van der Waals surface area contributed by atoms with E-state index in [1.165, 1.54) is 96.3 Å². The summed E-state index contributed by atoms with van der Waals surface area (Å²) in [6, 6.07) is 0. The number of esters is 2. The van der Waals surface area contributed by atoms with Gasteiger partial charge in [0.15, 0.2) is 6.10 Å². The van der Waals surface area contributed by atoms with Gasteiger partial charge < -0.3 is 29.1 Å². The second-order valence-corrected chi connectivity index (χ2v) is 20.8. The summed E-state index contributed by atoms with van der Waals surface area (Å²) < 4.78 is 34.4. The molecule has 0 heterocycles. The van der Waals surface area contributed by atoms with Crippen LogP contribution in [0.1, 0.15) is 213 Å². The Kier molecular flexibility index (Phi) is 35.3. The molecule has 0 aromatic heterocycles. The van der Waals surface area contributed by atoms with Crippen LogP contribution in [-0.4, -0.2) is 103 Å². The Morgan fingerprint density at radius 2 is 1.17 bits per heavy atom. The first kappa shape index (κ1) is 59.4. The van der Waals surface area contributed by atoms with Crippen molar-refractivity contribution in [1.29, 1.82) is 0 Å². The first-order chi connectivity index (χ1) is 30.2. The molecule has 1 rings (SSSR count). The lowest BCUT2D eigenvalue weighted by atomic mass is 9.88. The maximum absolute atomic E-state index is 12.9. The molecule has 1 fully saturated rings. The van der Waals surface area contributed by atoms with Crippen LogP contribution in [0.15, 0.2) is 12.2 Å². The van der Waals surface area contributed by atoms with Crippen LogP contribution in [-0.2, 0) is 37.5 Å². The number of phosphoric acid groups is 1. The van der Waals surface area contributed by atoms with Crippen molar-refractivity contribution in [3.05, 3.63) is 12.2 Å². The lowest BCUT2D eigenvalue weighted by molar-refractivity contribution is -0.870. The molecule has 370 valence electrons. The van der Waals surface area contributed by atoms with E-state index in [2.05, 4.69) is 13.8 Å². The van der Waals surface area contributed by atoms with Crippen molar-refractivity contribution in [1.82, 2.24) is 0 Å². The second kappa shape index (κ2) is 37.4. The van der Waals surface area contributed by atoms with Gasteiger partial charge in [-0.05, 0) is 25.7 Å². The number of hydrogen-bond acceptors (Lipinski definition) is 10. The fourth-order valence-electron chi connectivity index (χ4n) is 8.15. The Bertz CT molecular complexity index is 1240. The number of hydrogen-bond donors (Lipinski definition) is 3. The number of rotatable bonds is 43. The van der Waals surface area contributed by atoms with Crippen molar-refractivity contribution in [2.24, 2.45) is 11.8 Å². The van der Waals surface area contributed by atoms with E-state index in [4.69, 9.17) is 18.5 Å². The Labute approximate surface area is 384 Å². The molecule has 1 saturated carbocycles. The largest absolute Gasteiger partial charge is 0.472 e. The first-order valence-electron chi connectivity index (χ1n) is 25.5. The highest BCUT2D eigenvalue weighted by Gasteiger charge is 2.39. The number of aliphatic hydroxyl groups excluding tert-OH is 2. The van der Waals surface area contributed by atoms with Gasteiger partial charge in [0.2, 0.25) is 0 Å². The topological polar surface area (TPSA) is 166 Å². The van der Waals surface area contributed by atoms with Crippen molar-refractivity contribution < 1.29 is 57.1 Å². The number of nitrogens with zero attached hydrogens (tertiary/aromatic N) is 1. The zero-order chi connectivity index (χ0) is 46.6. The van der Waals surface area contributed by atoms with Gasteiger partial charge in [-0.3, -0.25) is 23.4 Å². The van der Waals surface area contributed by atoms with Crippen molar-refractivity contribution in [2.45, 2.75) is 231 Å². The zero-order valence-corrected chi connectivity index (χ0v) is 41.7. The van der Waals surface area contributed by atoms with E-state index in [-0.39, 0.29) is 50.1 Å². The third-order valence-electron chi connectivity index (χ3n) is 12.2. The molecule has 0 amide bonds. The van der Waals surface area contributed by atoms with Crippen LogP contribution < -0.4 is 0 Å². The standard InChI is InChI=1S/C50H94NO11P/c1-6-8-10-11-12-13-14-15-16-17-18-19-20-21-22-23-24-25-30-34-49(55)59-41-44(42-61-63(57,58)60-39-38-51(3,4)5)62-50(56)35-31-27-26-29-33-45-46(48(54)40-47(45)53)37-36-43(52)32-28-9-7-2/h36-37,43-46,48,52,54H,6-35,38-42H2,1-5H3/p+1/b37-36+/t43-,44+,45+,46+,48+/m0/s1. The molecule has 0 saturated heterocycles. The molecular weight excluding hydrogens is 822 g/mol. The van der Waals surface area contributed by atoms with E-state index >= 15 is 0 Å². The Morgan fingerprint density at radius 1 is 0.698 bits per heavy atom. The monoisotopic (exact) mass is 917 g/mol. The van der Waals surface area contributed by atoms with E-state index < -0.39 is 44.7 Å². The number of unbranched alkanes of at least 4 members (excludes halogenated alkanes) is 23. The SMILES string of the molecule is CCCCCCCCCCCCCCCCCCCCCC(=O)OC[C@H](COP(=O)(O)OCC[N+](C)(C)C)OC(=O)CCCCCC[C@H]1C(=O)C[C@@H](O)[C@@H]1/C=C/[C@@H](O)CCCCC. The van der Waals surface area contributed by atoms with Gasteiger partial charge in [-0.1, -0.05) is 180 Å². The lowest BCUT2D eigenvalue weighted by Crippen LogP contribution is -2.37. The van der Waals surface area contributed by atoms with E-state index in [0.717, 1.165) is 57.8 Å². The fourth-order valence-corrected chi connectivity index (χ4v) is 8.89. The summed E-state index contributed by atoms with van der Waals surface area (Å²) in [6.45, 7) is 4.08. The normalized spacial score (nSPS) is 18.8. The minimum Gasteiger partial charge on any atom is -0.462 e. The number of Topliss-reactive ketones (excluding diaryl/α,β-unsaturated/α-hetero) is 1. The van der Waals surface area contributed by atoms with Crippen LogP contribution >= 0.6 is 7.82 Å². The Morgan fingerprint density at radius 3 is 1.70 bits per heavy atom. The Hall–Kier alpha value is -1.66. The van der Waals surface area contributed by atoms with Crippen LogP contribution in [0.25, 0.3) is 0 Å². The van der Waals surface area contributed by atoms with Crippen LogP contribution in [0.5, 0.6) is 0 Å². The number of aliphatic hydroxyl groups is 2. The number of ketones is 1. The third kappa shape index (κ3) is 34.3. The average molecular weight is 917 g/mol. The van der Waals surface area contributed by atoms with Crippen LogP contribution in [0.4, 0.5) is 0 Å². The van der Waals surface area contributed by atoms with Gasteiger partial charge in [0.1, 0.15) is 25.5 Å². The summed E-state index contributed by atoms with van der Waals surface area (Å²) in [7, 11) is 1.34. The zero-order valence-electron chi connectivity index (χ0n) is 40.8. The quantitative estimate of drug-likeness (QED) is 0.0175. The molecule has 0 spiro atoms. The number of phosphoric ester groups is 1. The van der Waals surface area contributed by atoms with Crippen LogP contribution in [0, 0.1) is 11.8 Å². The molecule has 0 radical (unpaired) electrons. The summed E-state index contributed by atoms with van der Waals surface area (Å²) in [6.07, 6.45) is 33.0. The molecule has 1 aliphatic carbocycles. The van der Waals surface area contributed by atoms with Gasteiger partial charge >= 0.3 is 19.8 Å². The summed E-state index contributed by atoms with van der Waals surface area (Å²) in [5.74, 6) is -1.48. The maximum Gasteiger partial charge on any atom is 0.472 e. The first-order valence-corrected chi connectivity index (χ1v) is 27.0. The van der Waals surface area contributed by atoms with E-state index in [0.29, 0.717) is 36.7 Å². The van der Waals surface area contributed by atoms with E-state index in [9.17, 15) is 34.1 Å². The highest BCUT2D eigenvalue weighted by Crippen LogP contribution is 2.43. The molecule has 1 aliphatic rings. The molecule has 6 atom stereocenters. The van der Waals surface area contributed by atoms with Crippen molar-refractivity contribution >= 4 is 25.5 Å². The van der Waals surface area contributed by atoms with Gasteiger partial charge in [0, 0.05) is 31.1 Å². The molecule has 0 bridgehead atoms. The summed E-state index contributed by atoms with van der Waals surface area (Å²) in [5.41, 5.74) is 0. The lowest BCUT2D eigenvalue weighted by Gasteiger charge is -2.24. The number of carbonyl (C=O) groups excluding carboxylic acids is 3. The maximum atomic E-state index is 12.9. The van der Waals surface area contributed by atoms with Crippen molar-refractivity contribution in [3.63, 3.8) is 0 Å².